The maximum atomic E-state index is 13.5. The van der Waals surface area contributed by atoms with Gasteiger partial charge in [0.05, 0.1) is 10.7 Å². The summed E-state index contributed by atoms with van der Waals surface area (Å²) >= 11 is 1.52. The molecule has 0 fully saturated rings. The Hall–Kier alpha value is -1.56. The summed E-state index contributed by atoms with van der Waals surface area (Å²) in [5.74, 6) is 0.235. The van der Waals surface area contributed by atoms with Crippen molar-refractivity contribution < 1.29 is 4.39 Å². The molecule has 2 rings (SSSR count). The van der Waals surface area contributed by atoms with Gasteiger partial charge in [-0.15, -0.1) is 11.3 Å². The van der Waals surface area contributed by atoms with E-state index in [9.17, 15) is 4.39 Å². The normalized spacial score (nSPS) is 10.5. The van der Waals surface area contributed by atoms with Gasteiger partial charge in [0, 0.05) is 12.4 Å². The smallest absolute Gasteiger partial charge is 0.186 e. The number of nitrogens with one attached hydrogen (secondary N) is 1. The van der Waals surface area contributed by atoms with Crippen molar-refractivity contribution in [1.29, 1.82) is 0 Å². The zero-order chi connectivity index (χ0) is 11.7. The summed E-state index contributed by atoms with van der Waals surface area (Å²) in [4.78, 5) is 12.4. The van der Waals surface area contributed by atoms with Crippen LogP contribution in [0.4, 0.5) is 10.2 Å². The number of hydrogen-bond donors (Lipinski definition) is 1. The molecule has 2 heterocycles. The van der Waals surface area contributed by atoms with Crippen LogP contribution in [-0.2, 0) is 0 Å². The van der Waals surface area contributed by atoms with E-state index in [1.807, 2.05) is 12.3 Å². The molecule has 0 bridgehead atoms. The molecular weight excluding hydrogens is 227 g/mol. The van der Waals surface area contributed by atoms with E-state index in [0.29, 0.717) is 17.2 Å². The van der Waals surface area contributed by atoms with E-state index in [0.717, 1.165) is 5.01 Å². The van der Waals surface area contributed by atoms with Crippen LogP contribution in [0.3, 0.4) is 0 Å². The number of rotatable bonds is 2. The Morgan fingerprint density at radius 2 is 2.00 bits per heavy atom. The van der Waals surface area contributed by atoms with Crippen LogP contribution in [0.25, 0.3) is 11.5 Å². The van der Waals surface area contributed by atoms with Crippen LogP contribution in [0, 0.1) is 19.7 Å². The topological polar surface area (TPSA) is 50.7 Å². The molecule has 1 N–H and O–H groups in total. The molecule has 0 spiro atoms. The Balaban J connectivity index is 2.54. The van der Waals surface area contributed by atoms with Gasteiger partial charge in [-0.25, -0.2) is 19.3 Å². The Labute approximate surface area is 96.6 Å². The molecule has 0 aliphatic carbocycles. The lowest BCUT2D eigenvalue weighted by molar-refractivity contribution is 0.607. The minimum Gasteiger partial charge on any atom is -0.371 e. The summed E-state index contributed by atoms with van der Waals surface area (Å²) < 4.78 is 13.5. The van der Waals surface area contributed by atoms with E-state index >= 15 is 0 Å². The number of aromatic nitrogens is 3. The van der Waals surface area contributed by atoms with E-state index in [2.05, 4.69) is 20.3 Å². The van der Waals surface area contributed by atoms with Crippen molar-refractivity contribution in [3.63, 3.8) is 0 Å². The molecule has 0 atom stereocenters. The lowest BCUT2D eigenvalue weighted by Gasteiger charge is -2.05. The first-order valence-corrected chi connectivity index (χ1v) is 5.64. The maximum Gasteiger partial charge on any atom is 0.186 e. The summed E-state index contributed by atoms with van der Waals surface area (Å²) in [6.45, 7) is 3.52. The zero-order valence-corrected chi connectivity index (χ0v) is 10.0. The number of halogens is 1. The molecule has 0 aromatic carbocycles. The van der Waals surface area contributed by atoms with Gasteiger partial charge in [0.25, 0.3) is 0 Å². The third kappa shape index (κ3) is 1.88. The summed E-state index contributed by atoms with van der Waals surface area (Å²) in [6, 6.07) is 0. The first-order valence-electron chi connectivity index (χ1n) is 4.76. The predicted molar refractivity (Wildman–Crippen MR) is 62.1 cm³/mol. The van der Waals surface area contributed by atoms with Crippen LogP contribution in [-0.4, -0.2) is 22.0 Å². The highest BCUT2D eigenvalue weighted by Crippen LogP contribution is 2.22. The lowest BCUT2D eigenvalue weighted by atomic mass is 10.3. The molecule has 2 aromatic rings. The molecule has 0 radical (unpaired) electrons. The average Bonchev–Trinajstić information content (AvgIpc) is 2.69. The molecule has 0 aliphatic rings. The minimum atomic E-state index is -0.418. The number of thiazole rings is 1. The fourth-order valence-electron chi connectivity index (χ4n) is 1.31. The first-order chi connectivity index (χ1) is 7.61. The van der Waals surface area contributed by atoms with E-state index in [4.69, 9.17) is 0 Å². The molecule has 0 aliphatic heterocycles. The highest BCUT2D eigenvalue weighted by molar-refractivity contribution is 7.09. The van der Waals surface area contributed by atoms with Crippen LogP contribution in [0.1, 0.15) is 10.7 Å². The van der Waals surface area contributed by atoms with E-state index in [-0.39, 0.29) is 5.82 Å². The van der Waals surface area contributed by atoms with Crippen molar-refractivity contribution in [3.8, 4) is 11.5 Å². The summed E-state index contributed by atoms with van der Waals surface area (Å²) in [7, 11) is 1.63. The Morgan fingerprint density at radius 1 is 1.25 bits per heavy atom. The average molecular weight is 238 g/mol. The van der Waals surface area contributed by atoms with Crippen molar-refractivity contribution >= 4 is 17.2 Å². The van der Waals surface area contributed by atoms with Gasteiger partial charge in [0.15, 0.2) is 17.5 Å². The van der Waals surface area contributed by atoms with Gasteiger partial charge in [-0.3, -0.25) is 0 Å². The van der Waals surface area contributed by atoms with Crippen LogP contribution >= 0.6 is 11.3 Å². The SMILES string of the molecule is CNc1nc(-c2csc(C)n2)nc(C)c1F. The molecular formula is C10H11FN4S. The number of aryl methyl sites for hydroxylation is 2. The highest BCUT2D eigenvalue weighted by atomic mass is 32.1. The second-order valence-corrected chi connectivity index (χ2v) is 4.36. The van der Waals surface area contributed by atoms with Gasteiger partial charge in [0.2, 0.25) is 0 Å². The molecule has 0 saturated carbocycles. The maximum absolute atomic E-state index is 13.5. The van der Waals surface area contributed by atoms with Crippen LogP contribution in [0.15, 0.2) is 5.38 Å². The lowest BCUT2D eigenvalue weighted by Crippen LogP contribution is -2.03. The minimum absolute atomic E-state index is 0.202. The van der Waals surface area contributed by atoms with Gasteiger partial charge in [0.1, 0.15) is 5.69 Å². The van der Waals surface area contributed by atoms with Gasteiger partial charge in [-0.05, 0) is 13.8 Å². The molecule has 2 aromatic heterocycles. The van der Waals surface area contributed by atoms with E-state index in [1.165, 1.54) is 11.3 Å². The van der Waals surface area contributed by atoms with Gasteiger partial charge in [-0.2, -0.15) is 0 Å². The van der Waals surface area contributed by atoms with Gasteiger partial charge < -0.3 is 5.32 Å². The molecule has 16 heavy (non-hydrogen) atoms. The van der Waals surface area contributed by atoms with Gasteiger partial charge in [-0.1, -0.05) is 0 Å². The summed E-state index contributed by atoms with van der Waals surface area (Å²) in [5.41, 5.74) is 1.00. The van der Waals surface area contributed by atoms with Crippen molar-refractivity contribution in [2.75, 3.05) is 12.4 Å². The molecule has 0 unspecified atom stereocenters. The quantitative estimate of drug-likeness (QED) is 0.872. The van der Waals surface area contributed by atoms with Crippen LogP contribution in [0.5, 0.6) is 0 Å². The molecule has 6 heteroatoms. The third-order valence-corrected chi connectivity index (χ3v) is 2.88. The Morgan fingerprint density at radius 3 is 2.56 bits per heavy atom. The second-order valence-electron chi connectivity index (χ2n) is 3.30. The number of hydrogen-bond acceptors (Lipinski definition) is 5. The summed E-state index contributed by atoms with van der Waals surface area (Å²) in [5, 5.41) is 5.50. The predicted octanol–water partition coefficient (Wildman–Crippen LogP) is 2.40. The molecule has 0 amide bonds. The van der Waals surface area contributed by atoms with Crippen molar-refractivity contribution in [2.24, 2.45) is 0 Å². The highest BCUT2D eigenvalue weighted by Gasteiger charge is 2.12. The van der Waals surface area contributed by atoms with Crippen molar-refractivity contribution in [3.05, 3.63) is 21.9 Å². The van der Waals surface area contributed by atoms with Gasteiger partial charge >= 0.3 is 0 Å². The largest absolute Gasteiger partial charge is 0.371 e. The molecule has 0 saturated heterocycles. The second kappa shape index (κ2) is 4.13. The van der Waals surface area contributed by atoms with E-state index < -0.39 is 5.82 Å². The third-order valence-electron chi connectivity index (χ3n) is 2.10. The van der Waals surface area contributed by atoms with Crippen LogP contribution < -0.4 is 5.32 Å². The fraction of sp³-hybridized carbons (Fsp3) is 0.300. The molecule has 4 nitrogen and oxygen atoms in total. The monoisotopic (exact) mass is 238 g/mol. The van der Waals surface area contributed by atoms with E-state index in [1.54, 1.807) is 14.0 Å². The number of anilines is 1. The molecule has 84 valence electrons. The Kier molecular flexibility index (Phi) is 2.82. The fourth-order valence-corrected chi connectivity index (χ4v) is 1.90. The van der Waals surface area contributed by atoms with Crippen molar-refractivity contribution in [2.45, 2.75) is 13.8 Å². The first kappa shape index (κ1) is 10.9. The number of nitrogens with zero attached hydrogens (tertiary/aromatic N) is 3. The summed E-state index contributed by atoms with van der Waals surface area (Å²) in [6.07, 6.45) is 0. The van der Waals surface area contributed by atoms with Crippen molar-refractivity contribution in [1.82, 2.24) is 15.0 Å². The van der Waals surface area contributed by atoms with Crippen LogP contribution in [0.2, 0.25) is 0 Å². The Bertz CT molecular complexity index is 524. The zero-order valence-electron chi connectivity index (χ0n) is 9.21. The standard InChI is InChI=1S/C10H11FN4S/c1-5-8(11)10(12-3)15-9(13-5)7-4-16-6(2)14-7/h4H,1-3H3,(H,12,13,15).